The number of thioether (sulfide) groups is 1. The van der Waals surface area contributed by atoms with E-state index in [1.807, 2.05) is 12.3 Å². The fourth-order valence-electron chi connectivity index (χ4n) is 6.23. The highest BCUT2D eigenvalue weighted by Gasteiger charge is 2.51. The van der Waals surface area contributed by atoms with E-state index in [9.17, 15) is 4.79 Å². The summed E-state index contributed by atoms with van der Waals surface area (Å²) in [6.07, 6.45) is 13.3. The van der Waals surface area contributed by atoms with Gasteiger partial charge in [0.05, 0.1) is 5.69 Å². The molecule has 0 spiro atoms. The van der Waals surface area contributed by atoms with Gasteiger partial charge < -0.3 is 10.1 Å². The van der Waals surface area contributed by atoms with E-state index >= 15 is 0 Å². The molecule has 1 aromatic heterocycles. The van der Waals surface area contributed by atoms with E-state index in [0.29, 0.717) is 11.8 Å². The molecular weight excluding hydrogens is 358 g/mol. The quantitative estimate of drug-likeness (QED) is 0.592. The van der Waals surface area contributed by atoms with Crippen molar-refractivity contribution in [1.82, 2.24) is 15.3 Å². The van der Waals surface area contributed by atoms with Gasteiger partial charge in [-0.15, -0.1) is 0 Å². The van der Waals surface area contributed by atoms with Crippen LogP contribution in [-0.2, 0) is 4.79 Å². The van der Waals surface area contributed by atoms with Crippen LogP contribution in [0.15, 0.2) is 11.2 Å². The van der Waals surface area contributed by atoms with Crippen LogP contribution in [0.25, 0.3) is 0 Å². The molecule has 0 saturated heterocycles. The fourth-order valence-corrected chi connectivity index (χ4v) is 6.61. The Bertz CT molecular complexity index is 699. The molecule has 1 N–H and O–H groups in total. The molecule has 5 fully saturated rings. The molecule has 5 aliphatic rings. The lowest BCUT2D eigenvalue weighted by Gasteiger charge is -2.56. The minimum atomic E-state index is 0.00598. The number of carbonyl (C=O) groups is 1. The zero-order valence-electron chi connectivity index (χ0n) is 16.1. The van der Waals surface area contributed by atoms with Crippen LogP contribution in [0.5, 0.6) is 5.88 Å². The Hall–Kier alpha value is -1.30. The van der Waals surface area contributed by atoms with Gasteiger partial charge in [0.25, 0.3) is 5.91 Å². The maximum Gasteiger partial charge on any atom is 0.258 e. The van der Waals surface area contributed by atoms with Crippen LogP contribution < -0.4 is 10.1 Å². The zero-order valence-corrected chi connectivity index (χ0v) is 16.9. The molecule has 5 nitrogen and oxygen atoms in total. The summed E-state index contributed by atoms with van der Waals surface area (Å²) in [6, 6.07) is 1.93. The molecule has 1 aromatic rings. The number of hydrogen-bond donors (Lipinski definition) is 1. The first-order chi connectivity index (χ1) is 13.1. The minimum Gasteiger partial charge on any atom is -0.467 e. The molecule has 0 aromatic carbocycles. The molecule has 5 saturated carbocycles. The summed E-state index contributed by atoms with van der Waals surface area (Å²) in [6.45, 7) is 0.0523. The van der Waals surface area contributed by atoms with E-state index < -0.39 is 0 Å². The monoisotopic (exact) mass is 387 g/mol. The lowest BCUT2D eigenvalue weighted by Crippen LogP contribution is -2.60. The summed E-state index contributed by atoms with van der Waals surface area (Å²) in [5.74, 6) is 3.56. The third-order valence-electron chi connectivity index (χ3n) is 7.20. The third kappa shape index (κ3) is 3.57. The Balaban J connectivity index is 1.22. The van der Waals surface area contributed by atoms with Crippen molar-refractivity contribution < 1.29 is 9.53 Å². The van der Waals surface area contributed by atoms with Gasteiger partial charge in [-0.3, -0.25) is 4.79 Å². The van der Waals surface area contributed by atoms with Crippen LogP contribution >= 0.6 is 11.8 Å². The fraction of sp³-hybridized carbons (Fsp3) is 0.762. The van der Waals surface area contributed by atoms with Crippen LogP contribution in [0.3, 0.4) is 0 Å². The largest absolute Gasteiger partial charge is 0.467 e. The van der Waals surface area contributed by atoms with Gasteiger partial charge in [0.2, 0.25) is 5.88 Å². The second-order valence-corrected chi connectivity index (χ2v) is 10.1. The highest BCUT2D eigenvalue weighted by atomic mass is 32.2. The molecule has 0 radical (unpaired) electrons. The zero-order chi connectivity index (χ0) is 18.4. The second-order valence-electron chi connectivity index (χ2n) is 9.28. The van der Waals surface area contributed by atoms with Crippen molar-refractivity contribution in [3.63, 3.8) is 0 Å². The molecule has 6 rings (SSSR count). The first-order valence-electron chi connectivity index (χ1n) is 10.5. The van der Waals surface area contributed by atoms with E-state index in [-0.39, 0.29) is 18.1 Å². The molecule has 0 aliphatic heterocycles. The predicted molar refractivity (Wildman–Crippen MR) is 105 cm³/mol. The Labute approximate surface area is 165 Å². The standard InChI is InChI=1S/C21H29N3O2S/c1-27-20-22-17(16-3-2-4-16)8-19(23-20)26-12-18(25)24-21-9-13-5-14(10-21)7-15(6-13)11-21/h8,13-16H,2-7,9-12H2,1H3,(H,24,25). The van der Waals surface area contributed by atoms with Crippen molar-refractivity contribution in [2.75, 3.05) is 12.9 Å². The summed E-state index contributed by atoms with van der Waals surface area (Å²) in [7, 11) is 0. The average Bonchev–Trinajstić information content (AvgIpc) is 2.56. The van der Waals surface area contributed by atoms with Crippen molar-refractivity contribution in [2.24, 2.45) is 17.8 Å². The van der Waals surface area contributed by atoms with E-state index in [2.05, 4.69) is 15.3 Å². The van der Waals surface area contributed by atoms with Crippen LogP contribution in [0.1, 0.15) is 69.4 Å². The molecule has 0 unspecified atom stereocenters. The van der Waals surface area contributed by atoms with Gasteiger partial charge in [-0.2, -0.15) is 4.98 Å². The number of nitrogens with zero attached hydrogens (tertiary/aromatic N) is 2. The van der Waals surface area contributed by atoms with Crippen molar-refractivity contribution in [3.05, 3.63) is 11.8 Å². The van der Waals surface area contributed by atoms with Gasteiger partial charge in [0.1, 0.15) is 0 Å². The number of nitrogens with one attached hydrogen (secondary N) is 1. The van der Waals surface area contributed by atoms with Crippen LogP contribution in [0.2, 0.25) is 0 Å². The first kappa shape index (κ1) is 17.8. The van der Waals surface area contributed by atoms with Crippen LogP contribution in [-0.4, -0.2) is 34.3 Å². The molecule has 0 atom stereocenters. The Morgan fingerprint density at radius 1 is 1.19 bits per heavy atom. The highest BCUT2D eigenvalue weighted by molar-refractivity contribution is 7.98. The number of hydrogen-bond acceptors (Lipinski definition) is 5. The van der Waals surface area contributed by atoms with Crippen molar-refractivity contribution in [1.29, 1.82) is 0 Å². The summed E-state index contributed by atoms with van der Waals surface area (Å²) in [4.78, 5) is 21.7. The molecule has 6 heteroatoms. The van der Waals surface area contributed by atoms with Gasteiger partial charge in [-0.1, -0.05) is 18.2 Å². The highest BCUT2D eigenvalue weighted by Crippen LogP contribution is 2.55. The molecule has 1 amide bonds. The van der Waals surface area contributed by atoms with Crippen molar-refractivity contribution in [3.8, 4) is 5.88 Å². The Kier molecular flexibility index (Phi) is 4.57. The predicted octanol–water partition coefficient (Wildman–Crippen LogP) is 3.93. The topological polar surface area (TPSA) is 64.1 Å². The first-order valence-corrected chi connectivity index (χ1v) is 11.7. The van der Waals surface area contributed by atoms with E-state index in [1.165, 1.54) is 69.5 Å². The van der Waals surface area contributed by atoms with Gasteiger partial charge >= 0.3 is 0 Å². The summed E-state index contributed by atoms with van der Waals surface area (Å²) in [5.41, 5.74) is 1.11. The van der Waals surface area contributed by atoms with Crippen molar-refractivity contribution in [2.45, 2.75) is 74.4 Å². The molecular formula is C21H29N3O2S. The summed E-state index contributed by atoms with van der Waals surface area (Å²) in [5, 5.41) is 4.10. The minimum absolute atomic E-state index is 0.00598. The summed E-state index contributed by atoms with van der Waals surface area (Å²) < 4.78 is 5.81. The number of aromatic nitrogens is 2. The van der Waals surface area contributed by atoms with Gasteiger partial charge in [0, 0.05) is 17.5 Å². The second kappa shape index (κ2) is 6.94. The van der Waals surface area contributed by atoms with Crippen LogP contribution in [0.4, 0.5) is 0 Å². The molecule has 4 bridgehead atoms. The normalized spacial score (nSPS) is 34.3. The lowest BCUT2D eigenvalue weighted by molar-refractivity contribution is -0.128. The maximum absolute atomic E-state index is 12.7. The van der Waals surface area contributed by atoms with Gasteiger partial charge in [0.15, 0.2) is 11.8 Å². The number of amides is 1. The number of rotatable bonds is 6. The van der Waals surface area contributed by atoms with Gasteiger partial charge in [-0.25, -0.2) is 4.98 Å². The molecule has 1 heterocycles. The molecule has 146 valence electrons. The average molecular weight is 388 g/mol. The smallest absolute Gasteiger partial charge is 0.258 e. The van der Waals surface area contributed by atoms with Crippen molar-refractivity contribution >= 4 is 17.7 Å². The molecule has 27 heavy (non-hydrogen) atoms. The SMILES string of the molecule is CSc1nc(OCC(=O)NC23CC4CC(CC(C4)C2)C3)cc(C2CCC2)n1. The van der Waals surface area contributed by atoms with Crippen LogP contribution in [0, 0.1) is 17.8 Å². The van der Waals surface area contributed by atoms with E-state index in [4.69, 9.17) is 4.74 Å². The third-order valence-corrected chi connectivity index (χ3v) is 7.75. The van der Waals surface area contributed by atoms with E-state index in [1.54, 1.807) is 0 Å². The Morgan fingerprint density at radius 2 is 1.85 bits per heavy atom. The number of ether oxygens (including phenoxy) is 1. The lowest BCUT2D eigenvalue weighted by atomic mass is 9.53. The van der Waals surface area contributed by atoms with Gasteiger partial charge in [-0.05, 0) is 75.4 Å². The summed E-state index contributed by atoms with van der Waals surface area (Å²) >= 11 is 1.52. The van der Waals surface area contributed by atoms with E-state index in [0.717, 1.165) is 28.6 Å². The number of carbonyl (C=O) groups excluding carboxylic acids is 1. The maximum atomic E-state index is 12.7. The Morgan fingerprint density at radius 3 is 2.41 bits per heavy atom. The molecule has 5 aliphatic carbocycles.